The summed E-state index contributed by atoms with van der Waals surface area (Å²) < 4.78 is 5.72. The Morgan fingerprint density at radius 1 is 0.926 bits per heavy atom. The minimum atomic E-state index is -1.45. The van der Waals surface area contributed by atoms with Gasteiger partial charge >= 0.3 is 12.0 Å². The van der Waals surface area contributed by atoms with E-state index >= 15 is 0 Å². The molecule has 0 spiro atoms. The predicted molar refractivity (Wildman–Crippen MR) is 194 cm³/mol. The zero-order chi connectivity index (χ0) is 38.4. The van der Waals surface area contributed by atoms with Crippen molar-refractivity contribution in [2.45, 2.75) is 82.6 Å². The fourth-order valence-electron chi connectivity index (χ4n) is 7.45. The number of hydrogen-bond donors (Lipinski definition) is 4. The zero-order valence-corrected chi connectivity index (χ0v) is 30.4. The van der Waals surface area contributed by atoms with Gasteiger partial charge in [0.15, 0.2) is 0 Å². The van der Waals surface area contributed by atoms with E-state index in [1.807, 2.05) is 13.0 Å². The second-order valence-corrected chi connectivity index (χ2v) is 14.2. The lowest BCUT2D eigenvalue weighted by Gasteiger charge is -2.35. The lowest BCUT2D eigenvalue weighted by molar-refractivity contribution is -0.157. The number of cyclic esters (lactones) is 1. The first-order valence-corrected chi connectivity index (χ1v) is 18.4. The lowest BCUT2D eigenvalue weighted by Crippen LogP contribution is -2.60. The van der Waals surface area contributed by atoms with Crippen LogP contribution in [0, 0.1) is 5.92 Å². The number of benzene rings is 1. The molecular weight excluding hydrogens is 696 g/mol. The topological polar surface area (TPSA) is 199 Å². The summed E-state index contributed by atoms with van der Waals surface area (Å²) >= 11 is 0. The van der Waals surface area contributed by atoms with Gasteiger partial charge in [-0.2, -0.15) is 0 Å². The summed E-state index contributed by atoms with van der Waals surface area (Å²) in [7, 11) is 0. The average Bonchev–Trinajstić information content (AvgIpc) is 3.83. The molecule has 1 aromatic carbocycles. The average molecular weight is 743 g/mol. The summed E-state index contributed by atoms with van der Waals surface area (Å²) in [5.74, 6) is -3.76. The number of aromatic nitrogens is 1. The van der Waals surface area contributed by atoms with Crippen LogP contribution in [0.15, 0.2) is 66.6 Å². The molecule has 2 aromatic rings. The van der Waals surface area contributed by atoms with Crippen molar-refractivity contribution in [3.8, 4) is 0 Å². The molecule has 0 radical (unpaired) electrons. The number of anilines is 1. The van der Waals surface area contributed by atoms with Crippen LogP contribution in [-0.2, 0) is 39.9 Å². The quantitative estimate of drug-likeness (QED) is 0.313. The van der Waals surface area contributed by atoms with E-state index in [1.54, 1.807) is 42.5 Å². The van der Waals surface area contributed by atoms with Gasteiger partial charge in [0.2, 0.25) is 23.6 Å². The van der Waals surface area contributed by atoms with Gasteiger partial charge in [0.25, 0.3) is 5.91 Å². The van der Waals surface area contributed by atoms with Crippen LogP contribution in [0.25, 0.3) is 0 Å². The van der Waals surface area contributed by atoms with E-state index in [-0.39, 0.29) is 37.7 Å². The SMILES string of the molecule is CC1CC2C(=O)OCC(NC(=O)C(Cc3ccccc3)NC(=O)Nc3ccncc3)C(=O)N3CCCC3C(=O)N3CCCC=C3C(=O)NC(C)C(=O)N2C1. The van der Waals surface area contributed by atoms with Crippen LogP contribution in [0.5, 0.6) is 0 Å². The number of fused-ring (bicyclic) bond motifs is 3. The summed E-state index contributed by atoms with van der Waals surface area (Å²) in [6, 6.07) is 5.90. The third-order valence-electron chi connectivity index (χ3n) is 10.2. The Morgan fingerprint density at radius 2 is 1.69 bits per heavy atom. The molecular formula is C38H46N8O8. The molecule has 4 N–H and O–H groups in total. The van der Waals surface area contributed by atoms with Gasteiger partial charge in [-0.1, -0.05) is 43.3 Å². The van der Waals surface area contributed by atoms with Crippen LogP contribution in [0.4, 0.5) is 10.5 Å². The monoisotopic (exact) mass is 742 g/mol. The Morgan fingerprint density at radius 3 is 2.44 bits per heavy atom. The van der Waals surface area contributed by atoms with Gasteiger partial charge < -0.3 is 40.7 Å². The summed E-state index contributed by atoms with van der Waals surface area (Å²) in [5.41, 5.74) is 1.28. The van der Waals surface area contributed by atoms with Gasteiger partial charge in [0.1, 0.15) is 42.5 Å². The highest BCUT2D eigenvalue weighted by atomic mass is 16.5. The second-order valence-electron chi connectivity index (χ2n) is 14.2. The first-order chi connectivity index (χ1) is 26.0. The molecule has 16 heteroatoms. The Bertz CT molecular complexity index is 1790. The van der Waals surface area contributed by atoms with Crippen molar-refractivity contribution in [2.24, 2.45) is 5.92 Å². The van der Waals surface area contributed by atoms with Gasteiger partial charge in [-0.25, -0.2) is 9.59 Å². The van der Waals surface area contributed by atoms with E-state index in [9.17, 15) is 33.6 Å². The molecule has 0 aliphatic carbocycles. The number of urea groups is 1. The van der Waals surface area contributed by atoms with E-state index in [0.29, 0.717) is 37.8 Å². The Labute approximate surface area is 313 Å². The number of allylic oxidation sites excluding steroid dienone is 1. The standard InChI is InChI=1S/C38H46N8O8/c1-23-19-31-37(52)54-22-28(42-32(47)27(20-25-9-4-3-5-10-25)43-38(53)41-26-13-15-39-16-14-26)35(50)45-18-8-12-30(45)36(51)44-17-7-6-11-29(44)33(48)40-24(2)34(49)46(31)21-23/h3-5,9-11,13-16,23-24,27-28,30-31H,6-8,12,17-22H2,1-2H3,(H,40,48)(H,42,47)(H2,39,41,43,53). The molecule has 6 rings (SSSR count). The van der Waals surface area contributed by atoms with E-state index in [2.05, 4.69) is 26.3 Å². The van der Waals surface area contributed by atoms with Crippen LogP contribution in [-0.4, -0.2) is 118 Å². The van der Waals surface area contributed by atoms with Crippen molar-refractivity contribution in [2.75, 3.05) is 31.6 Å². The van der Waals surface area contributed by atoms with Crippen molar-refractivity contribution in [1.29, 1.82) is 0 Å². The molecule has 4 aliphatic heterocycles. The smallest absolute Gasteiger partial charge is 0.328 e. The largest absolute Gasteiger partial charge is 0.461 e. The molecule has 1 aromatic heterocycles. The summed E-state index contributed by atoms with van der Waals surface area (Å²) in [6.07, 6.45) is 6.96. The maximum atomic E-state index is 14.4. The number of amides is 7. The molecule has 54 heavy (non-hydrogen) atoms. The van der Waals surface area contributed by atoms with Crippen molar-refractivity contribution >= 4 is 47.2 Å². The highest BCUT2D eigenvalue weighted by Crippen LogP contribution is 2.27. The highest BCUT2D eigenvalue weighted by molar-refractivity contribution is 6.02. The van der Waals surface area contributed by atoms with E-state index < -0.39 is 78.4 Å². The van der Waals surface area contributed by atoms with E-state index in [0.717, 1.165) is 5.56 Å². The molecule has 4 aliphatic rings. The minimum absolute atomic E-state index is 0.0588. The zero-order valence-electron chi connectivity index (χ0n) is 30.4. The first kappa shape index (κ1) is 37.9. The normalized spacial score (nSPS) is 25.7. The molecule has 3 fully saturated rings. The fourth-order valence-corrected chi connectivity index (χ4v) is 7.45. The first-order valence-electron chi connectivity index (χ1n) is 18.4. The molecule has 6 unspecified atom stereocenters. The third kappa shape index (κ3) is 8.69. The second kappa shape index (κ2) is 16.9. The number of nitrogens with zero attached hydrogens (tertiary/aromatic N) is 4. The summed E-state index contributed by atoms with van der Waals surface area (Å²) in [6.45, 7) is 3.51. The molecule has 0 bridgehead atoms. The maximum Gasteiger partial charge on any atom is 0.328 e. The Kier molecular flexibility index (Phi) is 11.9. The molecule has 7 amide bonds. The number of ether oxygens (including phenoxy) is 1. The summed E-state index contributed by atoms with van der Waals surface area (Å²) in [4.78, 5) is 105. The van der Waals surface area contributed by atoms with Crippen molar-refractivity contribution in [3.05, 3.63) is 72.2 Å². The van der Waals surface area contributed by atoms with Crippen molar-refractivity contribution in [3.63, 3.8) is 0 Å². The minimum Gasteiger partial charge on any atom is -0.461 e. The van der Waals surface area contributed by atoms with Crippen molar-refractivity contribution < 1.29 is 38.3 Å². The maximum absolute atomic E-state index is 14.4. The Balaban J connectivity index is 1.30. The molecule has 16 nitrogen and oxygen atoms in total. The highest BCUT2D eigenvalue weighted by Gasteiger charge is 2.45. The van der Waals surface area contributed by atoms with Crippen LogP contribution in [0.1, 0.15) is 51.5 Å². The van der Waals surface area contributed by atoms with E-state index in [1.165, 1.54) is 34.0 Å². The number of carbonyl (C=O) groups is 7. The van der Waals surface area contributed by atoms with Gasteiger partial charge in [-0.05, 0) is 62.6 Å². The number of carbonyl (C=O) groups excluding carboxylic acids is 7. The molecule has 3 saturated heterocycles. The third-order valence-corrected chi connectivity index (χ3v) is 10.2. The van der Waals surface area contributed by atoms with Gasteiger partial charge in [0, 0.05) is 44.1 Å². The van der Waals surface area contributed by atoms with Gasteiger partial charge in [-0.3, -0.25) is 29.0 Å². The van der Waals surface area contributed by atoms with Crippen molar-refractivity contribution in [1.82, 2.24) is 35.6 Å². The number of esters is 1. The Hall–Kier alpha value is -5.80. The van der Waals surface area contributed by atoms with Crippen LogP contribution in [0.3, 0.4) is 0 Å². The molecule has 0 saturated carbocycles. The number of hydrogen-bond acceptors (Lipinski definition) is 9. The van der Waals surface area contributed by atoms with E-state index in [4.69, 9.17) is 4.74 Å². The van der Waals surface area contributed by atoms with Crippen LogP contribution >= 0.6 is 0 Å². The fraction of sp³-hybridized carbons (Fsp3) is 0.474. The van der Waals surface area contributed by atoms with Gasteiger partial charge in [0.05, 0.1) is 0 Å². The molecule has 6 atom stereocenters. The van der Waals surface area contributed by atoms with Crippen LogP contribution < -0.4 is 21.3 Å². The van der Waals surface area contributed by atoms with Gasteiger partial charge in [-0.15, -0.1) is 0 Å². The lowest BCUT2D eigenvalue weighted by atomic mass is 10.0. The predicted octanol–water partition coefficient (Wildman–Crippen LogP) is 1.10. The number of rotatable bonds is 6. The van der Waals surface area contributed by atoms with Crippen LogP contribution in [0.2, 0.25) is 0 Å². The number of nitrogens with one attached hydrogen (secondary N) is 4. The molecule has 286 valence electrons. The molecule has 5 heterocycles. The number of pyridine rings is 1. The summed E-state index contributed by atoms with van der Waals surface area (Å²) in [5, 5.41) is 10.8.